The number of hydrogen-bond donors (Lipinski definition) is 0. The van der Waals surface area contributed by atoms with Gasteiger partial charge >= 0.3 is 6.18 Å². The van der Waals surface area contributed by atoms with Crippen molar-refractivity contribution in [2.45, 2.75) is 33.9 Å². The number of aromatic nitrogens is 2. The van der Waals surface area contributed by atoms with Crippen molar-refractivity contribution in [3.8, 4) is 50.8 Å². The van der Waals surface area contributed by atoms with Gasteiger partial charge in [-0.2, -0.15) is 18.4 Å². The van der Waals surface area contributed by atoms with Crippen LogP contribution >= 0.6 is 0 Å². The van der Waals surface area contributed by atoms with Crippen molar-refractivity contribution in [1.29, 1.82) is 5.26 Å². The zero-order valence-corrected chi connectivity index (χ0v) is 33.5. The van der Waals surface area contributed by atoms with E-state index in [1.54, 1.807) is 18.2 Å². The smallest absolute Gasteiger partial charge is 0.308 e. The van der Waals surface area contributed by atoms with Crippen LogP contribution in [0.3, 0.4) is 0 Å². The average molecular weight is 786 g/mol. The van der Waals surface area contributed by atoms with Crippen LogP contribution in [-0.4, -0.2) is 9.13 Å². The fraction of sp³-hybridized carbons (Fsp3) is 0.0926. The summed E-state index contributed by atoms with van der Waals surface area (Å²) in [5.74, 6) is 0. The van der Waals surface area contributed by atoms with Gasteiger partial charge in [-0.25, -0.2) is 0 Å². The quantitative estimate of drug-likeness (QED) is 0.171. The van der Waals surface area contributed by atoms with Gasteiger partial charge in [-0.15, -0.1) is 0 Å². The molecular formula is C54H38F3N3. The van der Waals surface area contributed by atoms with E-state index in [2.05, 4.69) is 119 Å². The standard InChI is InChI=1S/C54H38F3N3/c1-32-21-33(2)24-38(23-32)36-17-19-50-44(27-36)42-12-6-9-15-48(42)59(50)52-29-40(41-11-5-8-14-47(41)54(55,56)57)30-53(46(52)31-58)60-49-16-10-7-13-43(49)45-28-37(18-20-51(45)60)39-25-34(3)22-35(4)26-39/h5-30H,1-4H3. The summed E-state index contributed by atoms with van der Waals surface area (Å²) in [5.41, 5.74) is 13.3. The first kappa shape index (κ1) is 36.9. The molecule has 290 valence electrons. The molecule has 0 radical (unpaired) electrons. The molecule has 0 aliphatic heterocycles. The summed E-state index contributed by atoms with van der Waals surface area (Å²) in [7, 11) is 0. The second-order valence-electron chi connectivity index (χ2n) is 16.0. The van der Waals surface area contributed by atoms with Crippen LogP contribution in [-0.2, 0) is 6.18 Å². The van der Waals surface area contributed by atoms with Gasteiger partial charge in [0.05, 0.1) is 39.0 Å². The predicted molar refractivity (Wildman–Crippen MR) is 240 cm³/mol. The highest BCUT2D eigenvalue weighted by Crippen LogP contribution is 2.44. The highest BCUT2D eigenvalue weighted by molar-refractivity contribution is 6.12. The first-order valence-electron chi connectivity index (χ1n) is 20.0. The van der Waals surface area contributed by atoms with Crippen molar-refractivity contribution >= 4 is 43.6 Å². The number of aryl methyl sites for hydroxylation is 4. The summed E-state index contributed by atoms with van der Waals surface area (Å²) in [6.45, 7) is 8.36. The molecule has 8 aromatic carbocycles. The Morgan fingerprint density at radius 3 is 1.28 bits per heavy atom. The van der Waals surface area contributed by atoms with E-state index < -0.39 is 11.7 Å². The van der Waals surface area contributed by atoms with Gasteiger partial charge in [0.1, 0.15) is 11.6 Å². The summed E-state index contributed by atoms with van der Waals surface area (Å²) < 4.78 is 48.6. The lowest BCUT2D eigenvalue weighted by Crippen LogP contribution is -2.09. The molecule has 0 unspecified atom stereocenters. The lowest BCUT2D eigenvalue weighted by molar-refractivity contribution is -0.137. The van der Waals surface area contributed by atoms with Crippen molar-refractivity contribution in [2.24, 2.45) is 0 Å². The molecule has 0 fully saturated rings. The van der Waals surface area contributed by atoms with Gasteiger partial charge in [0.2, 0.25) is 0 Å². The second-order valence-corrected chi connectivity index (χ2v) is 16.0. The Morgan fingerprint density at radius 1 is 0.417 bits per heavy atom. The molecule has 2 aromatic heterocycles. The van der Waals surface area contributed by atoms with E-state index in [0.29, 0.717) is 22.5 Å². The van der Waals surface area contributed by atoms with Crippen LogP contribution in [0.5, 0.6) is 0 Å². The normalized spacial score (nSPS) is 11.9. The third-order valence-corrected chi connectivity index (χ3v) is 11.7. The highest BCUT2D eigenvalue weighted by Gasteiger charge is 2.34. The summed E-state index contributed by atoms with van der Waals surface area (Å²) in [6.07, 6.45) is -4.61. The van der Waals surface area contributed by atoms with Crippen molar-refractivity contribution in [3.05, 3.63) is 191 Å². The van der Waals surface area contributed by atoms with Crippen molar-refractivity contribution < 1.29 is 13.2 Å². The minimum atomic E-state index is -4.61. The van der Waals surface area contributed by atoms with E-state index in [-0.39, 0.29) is 5.56 Å². The molecule has 60 heavy (non-hydrogen) atoms. The molecule has 0 bridgehead atoms. The molecule has 0 N–H and O–H groups in total. The van der Waals surface area contributed by atoms with E-state index in [1.165, 1.54) is 34.4 Å². The number of halogens is 3. The summed E-state index contributed by atoms with van der Waals surface area (Å²) in [6, 6.07) is 53.5. The molecule has 2 heterocycles. The predicted octanol–water partition coefficient (Wildman–Crippen LogP) is 15.0. The maximum Gasteiger partial charge on any atom is 0.417 e. The molecule has 0 atom stereocenters. The molecular weight excluding hydrogens is 748 g/mol. The maximum atomic E-state index is 14.9. The molecule has 0 saturated heterocycles. The Kier molecular flexibility index (Phi) is 8.55. The van der Waals surface area contributed by atoms with Crippen LogP contribution in [0.15, 0.2) is 158 Å². The molecule has 6 heteroatoms. The summed E-state index contributed by atoms with van der Waals surface area (Å²) in [5, 5.41) is 15.3. The van der Waals surface area contributed by atoms with Crippen LogP contribution in [0.25, 0.3) is 88.4 Å². The summed E-state index contributed by atoms with van der Waals surface area (Å²) in [4.78, 5) is 0. The highest BCUT2D eigenvalue weighted by atomic mass is 19.4. The van der Waals surface area contributed by atoms with Crippen LogP contribution in [0.1, 0.15) is 33.4 Å². The first-order chi connectivity index (χ1) is 29.0. The Morgan fingerprint density at radius 2 is 0.833 bits per heavy atom. The van der Waals surface area contributed by atoms with Gasteiger partial charge in [0.25, 0.3) is 0 Å². The number of alkyl halides is 3. The molecule has 10 rings (SSSR count). The average Bonchev–Trinajstić information content (AvgIpc) is 3.74. The number of rotatable bonds is 5. The second kappa shape index (κ2) is 13.9. The monoisotopic (exact) mass is 785 g/mol. The molecule has 0 spiro atoms. The largest absolute Gasteiger partial charge is 0.417 e. The number of nitrogens with zero attached hydrogens (tertiary/aromatic N) is 3. The topological polar surface area (TPSA) is 33.6 Å². The Balaban J connectivity index is 1.31. The minimum Gasteiger partial charge on any atom is -0.308 e. The Hall–Kier alpha value is -7.36. The van der Waals surface area contributed by atoms with Crippen molar-refractivity contribution in [1.82, 2.24) is 9.13 Å². The molecule has 3 nitrogen and oxygen atoms in total. The van der Waals surface area contributed by atoms with E-state index in [9.17, 15) is 18.4 Å². The Labute approximate surface area is 345 Å². The molecule has 10 aromatic rings. The molecule has 0 amide bonds. The number of fused-ring (bicyclic) bond motifs is 6. The fourth-order valence-corrected chi connectivity index (χ4v) is 9.32. The van der Waals surface area contributed by atoms with Gasteiger partial charge in [-0.3, -0.25) is 0 Å². The number of nitriles is 1. The molecule has 0 aliphatic rings. The van der Waals surface area contributed by atoms with Gasteiger partial charge in [0.15, 0.2) is 0 Å². The van der Waals surface area contributed by atoms with Crippen LogP contribution < -0.4 is 0 Å². The first-order valence-corrected chi connectivity index (χ1v) is 20.0. The Bertz CT molecular complexity index is 3200. The van der Waals surface area contributed by atoms with Gasteiger partial charge < -0.3 is 9.13 Å². The van der Waals surface area contributed by atoms with E-state index in [1.807, 2.05) is 45.5 Å². The van der Waals surface area contributed by atoms with Crippen LogP contribution in [0.2, 0.25) is 0 Å². The fourth-order valence-electron chi connectivity index (χ4n) is 9.32. The summed E-state index contributed by atoms with van der Waals surface area (Å²) >= 11 is 0. The van der Waals surface area contributed by atoms with E-state index in [4.69, 9.17) is 0 Å². The minimum absolute atomic E-state index is 0.0349. The maximum absolute atomic E-state index is 14.9. The van der Waals surface area contributed by atoms with Crippen molar-refractivity contribution in [2.75, 3.05) is 0 Å². The zero-order chi connectivity index (χ0) is 41.4. The van der Waals surface area contributed by atoms with E-state index >= 15 is 0 Å². The van der Waals surface area contributed by atoms with E-state index in [0.717, 1.165) is 71.9 Å². The lowest BCUT2D eigenvalue weighted by atomic mass is 9.95. The van der Waals surface area contributed by atoms with Gasteiger partial charge in [-0.1, -0.05) is 125 Å². The van der Waals surface area contributed by atoms with Crippen LogP contribution in [0, 0.1) is 39.0 Å². The van der Waals surface area contributed by atoms with Gasteiger partial charge in [-0.05, 0) is 116 Å². The number of hydrogen-bond acceptors (Lipinski definition) is 1. The zero-order valence-electron chi connectivity index (χ0n) is 33.5. The van der Waals surface area contributed by atoms with Crippen LogP contribution in [0.4, 0.5) is 13.2 Å². The third-order valence-electron chi connectivity index (χ3n) is 11.7. The SMILES string of the molecule is Cc1cc(C)cc(-c2ccc3c(c2)c2ccccc2n3-c2cc(-c3ccccc3C(F)(F)F)cc(-n3c4ccccc4c4cc(-c5cc(C)cc(C)c5)ccc43)c2C#N)c1. The van der Waals surface area contributed by atoms with Crippen molar-refractivity contribution in [3.63, 3.8) is 0 Å². The number of para-hydroxylation sites is 2. The molecule has 0 aliphatic carbocycles. The lowest BCUT2D eigenvalue weighted by Gasteiger charge is -2.20. The van der Waals surface area contributed by atoms with Gasteiger partial charge in [0, 0.05) is 21.5 Å². The third kappa shape index (κ3) is 6.05. The molecule has 0 saturated carbocycles. The number of benzene rings is 8.